The van der Waals surface area contributed by atoms with E-state index in [0.717, 1.165) is 25.7 Å². The number of ether oxygens (including phenoxy) is 3. The van der Waals surface area contributed by atoms with Gasteiger partial charge in [-0.1, -0.05) is 27.7 Å². The summed E-state index contributed by atoms with van der Waals surface area (Å²) in [5, 5.41) is 0. The van der Waals surface area contributed by atoms with E-state index >= 15 is 0 Å². The van der Waals surface area contributed by atoms with Gasteiger partial charge in [0, 0.05) is 33.2 Å². The molecular weight excluding hydrogens is 266 g/mol. The van der Waals surface area contributed by atoms with Crippen molar-refractivity contribution in [2.75, 3.05) is 47.1 Å². The zero-order chi connectivity index (χ0) is 15.9. The van der Waals surface area contributed by atoms with Crippen LogP contribution in [0.5, 0.6) is 0 Å². The summed E-state index contributed by atoms with van der Waals surface area (Å²) >= 11 is 0. The quantitative estimate of drug-likeness (QED) is 0.484. The van der Waals surface area contributed by atoms with E-state index < -0.39 is 0 Å². The minimum absolute atomic E-state index is 0.0748. The van der Waals surface area contributed by atoms with Crippen LogP contribution >= 0.6 is 0 Å². The SMILES string of the molecule is COC(OC)C(C)CC1CCN(CCOCC(C)(C)C)C1. The van der Waals surface area contributed by atoms with Gasteiger partial charge in [-0.2, -0.15) is 0 Å². The van der Waals surface area contributed by atoms with Crippen molar-refractivity contribution in [2.24, 2.45) is 17.3 Å². The molecule has 0 aromatic rings. The zero-order valence-corrected chi connectivity index (χ0v) is 14.9. The van der Waals surface area contributed by atoms with Crippen LogP contribution in [0, 0.1) is 17.3 Å². The second-order valence-corrected chi connectivity index (χ2v) is 7.62. The van der Waals surface area contributed by atoms with E-state index in [9.17, 15) is 0 Å². The molecule has 1 aliphatic rings. The molecule has 126 valence electrons. The van der Waals surface area contributed by atoms with Crippen molar-refractivity contribution in [3.05, 3.63) is 0 Å². The first-order valence-corrected chi connectivity index (χ1v) is 8.21. The standard InChI is InChI=1S/C17H35NO3/c1-14(16(19-5)20-6)11-15-7-8-18(12-15)9-10-21-13-17(2,3)4/h14-16H,7-13H2,1-6H3. The summed E-state index contributed by atoms with van der Waals surface area (Å²) in [7, 11) is 3.44. The molecule has 0 amide bonds. The van der Waals surface area contributed by atoms with Crippen LogP contribution in [0.2, 0.25) is 0 Å². The number of hydrogen-bond donors (Lipinski definition) is 0. The van der Waals surface area contributed by atoms with Gasteiger partial charge in [0.1, 0.15) is 0 Å². The molecular formula is C17H35NO3. The van der Waals surface area contributed by atoms with Gasteiger partial charge in [0.25, 0.3) is 0 Å². The summed E-state index contributed by atoms with van der Waals surface area (Å²) in [5.74, 6) is 1.21. The van der Waals surface area contributed by atoms with Crippen molar-refractivity contribution in [1.29, 1.82) is 0 Å². The maximum atomic E-state index is 5.77. The summed E-state index contributed by atoms with van der Waals surface area (Å²) < 4.78 is 16.5. The molecule has 0 saturated carbocycles. The van der Waals surface area contributed by atoms with Crippen LogP contribution in [0.3, 0.4) is 0 Å². The highest BCUT2D eigenvalue weighted by molar-refractivity contribution is 4.77. The molecule has 1 saturated heterocycles. The van der Waals surface area contributed by atoms with Crippen molar-refractivity contribution in [1.82, 2.24) is 4.90 Å². The number of nitrogens with zero attached hydrogens (tertiary/aromatic N) is 1. The van der Waals surface area contributed by atoms with Crippen LogP contribution in [0.15, 0.2) is 0 Å². The molecule has 4 nitrogen and oxygen atoms in total. The molecule has 0 aliphatic carbocycles. The van der Waals surface area contributed by atoms with Crippen LogP contribution in [0.1, 0.15) is 40.5 Å². The molecule has 21 heavy (non-hydrogen) atoms. The molecule has 0 bridgehead atoms. The highest BCUT2D eigenvalue weighted by atomic mass is 16.7. The van der Waals surface area contributed by atoms with Gasteiger partial charge in [-0.25, -0.2) is 0 Å². The minimum atomic E-state index is -0.0748. The van der Waals surface area contributed by atoms with Gasteiger partial charge in [0.05, 0.1) is 13.2 Å². The van der Waals surface area contributed by atoms with E-state index in [1.807, 2.05) is 0 Å². The average Bonchev–Trinajstić information content (AvgIpc) is 2.82. The van der Waals surface area contributed by atoms with Crippen LogP contribution in [-0.4, -0.2) is 58.3 Å². The molecule has 1 aliphatic heterocycles. The van der Waals surface area contributed by atoms with Crippen molar-refractivity contribution < 1.29 is 14.2 Å². The van der Waals surface area contributed by atoms with Crippen LogP contribution in [0.4, 0.5) is 0 Å². The first kappa shape index (κ1) is 18.9. The van der Waals surface area contributed by atoms with Crippen LogP contribution in [0.25, 0.3) is 0 Å². The lowest BCUT2D eigenvalue weighted by atomic mass is 9.94. The van der Waals surface area contributed by atoms with Crippen molar-refractivity contribution in [3.63, 3.8) is 0 Å². The first-order chi connectivity index (χ1) is 9.85. The Bertz CT molecular complexity index is 274. The van der Waals surface area contributed by atoms with E-state index in [0.29, 0.717) is 5.92 Å². The Morgan fingerprint density at radius 1 is 1.19 bits per heavy atom. The van der Waals surface area contributed by atoms with E-state index in [2.05, 4.69) is 32.6 Å². The molecule has 0 N–H and O–H groups in total. The van der Waals surface area contributed by atoms with Gasteiger partial charge in [-0.15, -0.1) is 0 Å². The molecule has 2 unspecified atom stereocenters. The van der Waals surface area contributed by atoms with E-state index in [1.54, 1.807) is 14.2 Å². The van der Waals surface area contributed by atoms with Crippen LogP contribution in [-0.2, 0) is 14.2 Å². The van der Waals surface area contributed by atoms with Crippen molar-refractivity contribution in [2.45, 2.75) is 46.8 Å². The highest BCUT2D eigenvalue weighted by Crippen LogP contribution is 2.26. The third-order valence-electron chi connectivity index (χ3n) is 4.09. The lowest BCUT2D eigenvalue weighted by Gasteiger charge is -2.24. The van der Waals surface area contributed by atoms with E-state index in [-0.39, 0.29) is 11.7 Å². The lowest BCUT2D eigenvalue weighted by molar-refractivity contribution is -0.136. The molecule has 0 aromatic carbocycles. The monoisotopic (exact) mass is 301 g/mol. The van der Waals surface area contributed by atoms with Gasteiger partial charge in [0.2, 0.25) is 0 Å². The van der Waals surface area contributed by atoms with Gasteiger partial charge in [-0.3, -0.25) is 0 Å². The van der Waals surface area contributed by atoms with Crippen LogP contribution < -0.4 is 0 Å². The maximum Gasteiger partial charge on any atom is 0.159 e. The minimum Gasteiger partial charge on any atom is -0.380 e. The topological polar surface area (TPSA) is 30.9 Å². The summed E-state index contributed by atoms with van der Waals surface area (Å²) in [6.07, 6.45) is 2.38. The Kier molecular flexibility index (Phi) is 8.17. The number of hydrogen-bond acceptors (Lipinski definition) is 4. The maximum absolute atomic E-state index is 5.77. The molecule has 1 fully saturated rings. The predicted molar refractivity (Wildman–Crippen MR) is 86.4 cm³/mol. The summed E-state index contributed by atoms with van der Waals surface area (Å²) in [5.41, 5.74) is 0.262. The number of methoxy groups -OCH3 is 2. The Labute approximate surface area is 131 Å². The predicted octanol–water partition coefficient (Wildman–Crippen LogP) is 3.02. The Morgan fingerprint density at radius 3 is 2.43 bits per heavy atom. The fourth-order valence-corrected chi connectivity index (χ4v) is 3.08. The normalized spacial score (nSPS) is 22.1. The van der Waals surface area contributed by atoms with E-state index in [4.69, 9.17) is 14.2 Å². The van der Waals surface area contributed by atoms with Gasteiger partial charge >= 0.3 is 0 Å². The van der Waals surface area contributed by atoms with Crippen molar-refractivity contribution >= 4 is 0 Å². The molecule has 0 radical (unpaired) electrons. The molecule has 0 spiro atoms. The summed E-state index contributed by atoms with van der Waals surface area (Å²) in [6, 6.07) is 0. The fraction of sp³-hybridized carbons (Fsp3) is 1.00. The number of likely N-dealkylation sites (tertiary alicyclic amines) is 1. The third-order valence-corrected chi connectivity index (χ3v) is 4.09. The molecule has 4 heteroatoms. The molecule has 0 aromatic heterocycles. The molecule has 2 atom stereocenters. The summed E-state index contributed by atoms with van der Waals surface area (Å²) in [6.45, 7) is 14.0. The fourth-order valence-electron chi connectivity index (χ4n) is 3.08. The Morgan fingerprint density at radius 2 is 1.86 bits per heavy atom. The average molecular weight is 301 g/mol. The second-order valence-electron chi connectivity index (χ2n) is 7.62. The zero-order valence-electron chi connectivity index (χ0n) is 14.9. The third kappa shape index (κ3) is 7.59. The molecule has 1 heterocycles. The first-order valence-electron chi connectivity index (χ1n) is 8.21. The largest absolute Gasteiger partial charge is 0.380 e. The van der Waals surface area contributed by atoms with Gasteiger partial charge in [0.15, 0.2) is 6.29 Å². The highest BCUT2D eigenvalue weighted by Gasteiger charge is 2.26. The molecule has 1 rings (SSSR count). The number of rotatable bonds is 9. The Hall–Kier alpha value is -0.160. The second kappa shape index (κ2) is 9.09. The van der Waals surface area contributed by atoms with Gasteiger partial charge in [-0.05, 0) is 30.7 Å². The smallest absolute Gasteiger partial charge is 0.159 e. The van der Waals surface area contributed by atoms with Crippen molar-refractivity contribution in [3.8, 4) is 0 Å². The Balaban J connectivity index is 2.17. The van der Waals surface area contributed by atoms with Gasteiger partial charge < -0.3 is 19.1 Å². The lowest BCUT2D eigenvalue weighted by Crippen LogP contribution is -2.28. The summed E-state index contributed by atoms with van der Waals surface area (Å²) in [4.78, 5) is 2.52. The van der Waals surface area contributed by atoms with E-state index in [1.165, 1.54) is 25.9 Å².